The van der Waals surface area contributed by atoms with Crippen LogP contribution in [0.4, 0.5) is 0 Å². The van der Waals surface area contributed by atoms with E-state index in [-0.39, 0.29) is 0 Å². The Labute approximate surface area is 143 Å². The minimum Gasteiger partial charge on any atom is -0.312 e. The van der Waals surface area contributed by atoms with E-state index in [4.69, 9.17) is 0 Å². The zero-order valence-corrected chi connectivity index (χ0v) is 15.5. The molecule has 0 saturated carbocycles. The molecule has 0 amide bonds. The van der Waals surface area contributed by atoms with E-state index >= 15 is 0 Å². The number of hydrogen-bond acceptors (Lipinski definition) is 3. The molecular weight excluding hydrogens is 282 g/mol. The Morgan fingerprint density at radius 2 is 1.83 bits per heavy atom. The smallest absolute Gasteiger partial charge is 0.0476 e. The molecule has 3 nitrogen and oxygen atoms in total. The van der Waals surface area contributed by atoms with Gasteiger partial charge in [0.05, 0.1) is 0 Å². The van der Waals surface area contributed by atoms with E-state index in [9.17, 15) is 0 Å². The molecule has 2 unspecified atom stereocenters. The minimum atomic E-state index is 0.512. The zero-order chi connectivity index (χ0) is 16.7. The molecule has 0 spiro atoms. The quantitative estimate of drug-likeness (QED) is 0.792. The molecule has 1 aliphatic rings. The van der Waals surface area contributed by atoms with Crippen LogP contribution < -0.4 is 5.32 Å². The first-order valence-corrected chi connectivity index (χ1v) is 9.40. The van der Waals surface area contributed by atoms with Crippen LogP contribution >= 0.6 is 0 Å². The molecule has 0 radical (unpaired) electrons. The van der Waals surface area contributed by atoms with Gasteiger partial charge in [-0.2, -0.15) is 0 Å². The molecule has 1 aromatic carbocycles. The number of benzene rings is 1. The third-order valence-corrected chi connectivity index (χ3v) is 4.81. The van der Waals surface area contributed by atoms with Crippen molar-refractivity contribution in [1.82, 2.24) is 15.1 Å². The van der Waals surface area contributed by atoms with Crippen molar-refractivity contribution in [3.63, 3.8) is 0 Å². The largest absolute Gasteiger partial charge is 0.312 e. The van der Waals surface area contributed by atoms with Gasteiger partial charge < -0.3 is 10.2 Å². The van der Waals surface area contributed by atoms with Crippen LogP contribution in [0.2, 0.25) is 0 Å². The molecule has 23 heavy (non-hydrogen) atoms. The van der Waals surface area contributed by atoms with Gasteiger partial charge in [-0.05, 0) is 45.3 Å². The maximum Gasteiger partial charge on any atom is 0.0476 e. The summed E-state index contributed by atoms with van der Waals surface area (Å²) in [5.41, 5.74) is 2.82. The van der Waals surface area contributed by atoms with Crippen molar-refractivity contribution in [3.8, 4) is 0 Å². The first-order valence-electron chi connectivity index (χ1n) is 9.40. The van der Waals surface area contributed by atoms with Crippen LogP contribution in [0.3, 0.4) is 0 Å². The Kier molecular flexibility index (Phi) is 7.54. The molecule has 0 aliphatic carbocycles. The summed E-state index contributed by atoms with van der Waals surface area (Å²) in [4.78, 5) is 5.33. The minimum absolute atomic E-state index is 0.512. The van der Waals surface area contributed by atoms with Gasteiger partial charge in [0.25, 0.3) is 0 Å². The lowest BCUT2D eigenvalue weighted by Crippen LogP contribution is -2.52. The van der Waals surface area contributed by atoms with Crippen LogP contribution in [0.1, 0.15) is 50.8 Å². The van der Waals surface area contributed by atoms with E-state index < -0.39 is 0 Å². The van der Waals surface area contributed by atoms with Crippen molar-refractivity contribution < 1.29 is 0 Å². The number of piperazine rings is 1. The summed E-state index contributed by atoms with van der Waals surface area (Å²) in [5.74, 6) is 0. The van der Waals surface area contributed by atoms with Crippen molar-refractivity contribution in [2.24, 2.45) is 0 Å². The summed E-state index contributed by atoms with van der Waals surface area (Å²) >= 11 is 0. The first-order chi connectivity index (χ1) is 11.1. The maximum atomic E-state index is 3.58. The SMILES string of the molecule is CCCN(CCC)CC(c1ccc(C)cc1)N1CCNC(C)C1. The monoisotopic (exact) mass is 317 g/mol. The predicted molar refractivity (Wildman–Crippen MR) is 100.0 cm³/mol. The van der Waals surface area contributed by atoms with Crippen molar-refractivity contribution in [3.05, 3.63) is 35.4 Å². The van der Waals surface area contributed by atoms with Crippen LogP contribution in [0.5, 0.6) is 0 Å². The van der Waals surface area contributed by atoms with Gasteiger partial charge in [-0.3, -0.25) is 4.90 Å². The Balaban J connectivity index is 2.17. The molecule has 0 bridgehead atoms. The summed E-state index contributed by atoms with van der Waals surface area (Å²) in [6, 6.07) is 10.3. The van der Waals surface area contributed by atoms with Crippen molar-refractivity contribution >= 4 is 0 Å². The van der Waals surface area contributed by atoms with E-state index in [0.717, 1.165) is 26.2 Å². The Morgan fingerprint density at radius 1 is 1.17 bits per heavy atom. The maximum absolute atomic E-state index is 3.58. The van der Waals surface area contributed by atoms with Crippen LogP contribution in [0, 0.1) is 6.92 Å². The van der Waals surface area contributed by atoms with Gasteiger partial charge in [0.15, 0.2) is 0 Å². The summed E-state index contributed by atoms with van der Waals surface area (Å²) in [6.07, 6.45) is 2.47. The summed E-state index contributed by atoms with van der Waals surface area (Å²) in [7, 11) is 0. The summed E-state index contributed by atoms with van der Waals surface area (Å²) in [6.45, 7) is 16.0. The zero-order valence-electron chi connectivity index (χ0n) is 15.5. The summed E-state index contributed by atoms with van der Waals surface area (Å²) in [5, 5.41) is 3.58. The molecule has 1 aliphatic heterocycles. The fraction of sp³-hybridized carbons (Fsp3) is 0.700. The molecule has 1 heterocycles. The van der Waals surface area contributed by atoms with Gasteiger partial charge in [0, 0.05) is 38.3 Å². The number of rotatable bonds is 8. The Bertz CT molecular complexity index is 437. The lowest BCUT2D eigenvalue weighted by Gasteiger charge is -2.40. The highest BCUT2D eigenvalue weighted by Crippen LogP contribution is 2.24. The second-order valence-corrected chi connectivity index (χ2v) is 7.08. The number of nitrogens with one attached hydrogen (secondary N) is 1. The molecule has 2 atom stereocenters. The number of aryl methyl sites for hydroxylation is 1. The molecule has 2 rings (SSSR count). The fourth-order valence-electron chi connectivity index (χ4n) is 3.64. The third-order valence-electron chi connectivity index (χ3n) is 4.81. The average molecular weight is 318 g/mol. The van der Waals surface area contributed by atoms with E-state index in [0.29, 0.717) is 12.1 Å². The van der Waals surface area contributed by atoms with Gasteiger partial charge in [-0.25, -0.2) is 0 Å². The van der Waals surface area contributed by atoms with E-state index in [1.54, 1.807) is 0 Å². The molecule has 1 fully saturated rings. The van der Waals surface area contributed by atoms with Crippen molar-refractivity contribution in [2.75, 3.05) is 39.3 Å². The molecule has 1 saturated heterocycles. The van der Waals surface area contributed by atoms with Crippen LogP contribution in [0.25, 0.3) is 0 Å². The second kappa shape index (κ2) is 9.41. The molecule has 0 aromatic heterocycles. The lowest BCUT2D eigenvalue weighted by molar-refractivity contribution is 0.109. The molecular formula is C20H35N3. The van der Waals surface area contributed by atoms with Crippen LogP contribution in [-0.2, 0) is 0 Å². The van der Waals surface area contributed by atoms with Crippen molar-refractivity contribution in [2.45, 2.75) is 52.6 Å². The number of hydrogen-bond donors (Lipinski definition) is 1. The average Bonchev–Trinajstić information content (AvgIpc) is 2.54. The predicted octanol–water partition coefficient (Wildman–Crippen LogP) is 3.45. The lowest BCUT2D eigenvalue weighted by atomic mass is 10.0. The van der Waals surface area contributed by atoms with E-state index in [1.165, 1.54) is 37.1 Å². The van der Waals surface area contributed by atoms with Crippen LogP contribution in [0.15, 0.2) is 24.3 Å². The van der Waals surface area contributed by atoms with Gasteiger partial charge in [-0.1, -0.05) is 43.7 Å². The van der Waals surface area contributed by atoms with Crippen LogP contribution in [-0.4, -0.2) is 55.1 Å². The molecule has 1 N–H and O–H groups in total. The third kappa shape index (κ3) is 5.59. The Hall–Kier alpha value is -0.900. The number of nitrogens with zero attached hydrogens (tertiary/aromatic N) is 2. The highest BCUT2D eigenvalue weighted by Gasteiger charge is 2.26. The van der Waals surface area contributed by atoms with Gasteiger partial charge in [-0.15, -0.1) is 0 Å². The van der Waals surface area contributed by atoms with Gasteiger partial charge >= 0.3 is 0 Å². The van der Waals surface area contributed by atoms with E-state index in [1.807, 2.05) is 0 Å². The highest BCUT2D eigenvalue weighted by molar-refractivity contribution is 5.24. The summed E-state index contributed by atoms with van der Waals surface area (Å²) < 4.78 is 0. The van der Waals surface area contributed by atoms with E-state index in [2.05, 4.69) is 67.1 Å². The topological polar surface area (TPSA) is 18.5 Å². The standard InChI is InChI=1S/C20H35N3/c1-5-12-22(13-6-2)16-20(19-9-7-17(3)8-10-19)23-14-11-21-18(4)15-23/h7-10,18,20-21H,5-6,11-16H2,1-4H3. The van der Waals surface area contributed by atoms with Gasteiger partial charge in [0.1, 0.15) is 0 Å². The first kappa shape index (κ1) is 18.4. The second-order valence-electron chi connectivity index (χ2n) is 7.08. The molecule has 3 heteroatoms. The molecule has 1 aromatic rings. The van der Waals surface area contributed by atoms with Gasteiger partial charge in [0.2, 0.25) is 0 Å². The highest BCUT2D eigenvalue weighted by atomic mass is 15.3. The normalized spacial score (nSPS) is 20.8. The molecule has 130 valence electrons. The fourth-order valence-corrected chi connectivity index (χ4v) is 3.64. The Morgan fingerprint density at radius 3 is 2.39 bits per heavy atom. The van der Waals surface area contributed by atoms with Crippen molar-refractivity contribution in [1.29, 1.82) is 0 Å².